The molecule has 78 valence electrons. The van der Waals surface area contributed by atoms with E-state index in [2.05, 4.69) is 15.9 Å². The Kier molecular flexibility index (Phi) is 3.14. The van der Waals surface area contributed by atoms with Crippen LogP contribution in [0.15, 0.2) is 12.1 Å². The summed E-state index contributed by atoms with van der Waals surface area (Å²) in [6.45, 7) is 0. The molecule has 1 rings (SSSR count). The van der Waals surface area contributed by atoms with E-state index >= 15 is 0 Å². The predicted octanol–water partition coefficient (Wildman–Crippen LogP) is 3.88. The molecule has 0 amide bonds. The van der Waals surface area contributed by atoms with Crippen molar-refractivity contribution in [3.8, 4) is 0 Å². The van der Waals surface area contributed by atoms with Crippen LogP contribution in [-0.2, 0) is 11.5 Å². The first-order valence-electron chi connectivity index (χ1n) is 3.48. The fraction of sp³-hybridized carbons (Fsp3) is 0.250. The number of hydrogen-bond acceptors (Lipinski definition) is 0. The molecule has 6 heteroatoms. The lowest BCUT2D eigenvalue weighted by atomic mass is 10.1. The lowest BCUT2D eigenvalue weighted by molar-refractivity contribution is -0.138. The summed E-state index contributed by atoms with van der Waals surface area (Å²) in [5.41, 5.74) is -1.87. The lowest BCUT2D eigenvalue weighted by Gasteiger charge is -2.11. The van der Waals surface area contributed by atoms with Gasteiger partial charge in [0.2, 0.25) is 0 Å². The van der Waals surface area contributed by atoms with Crippen molar-refractivity contribution in [3.63, 3.8) is 0 Å². The van der Waals surface area contributed by atoms with Gasteiger partial charge >= 0.3 is 6.18 Å². The van der Waals surface area contributed by atoms with Gasteiger partial charge in [-0.2, -0.15) is 13.2 Å². The molecule has 0 spiro atoms. The number of alkyl halides is 4. The average Bonchev–Trinajstić information content (AvgIpc) is 2.07. The maximum atomic E-state index is 12.9. The highest BCUT2D eigenvalue weighted by Gasteiger charge is 2.34. The largest absolute Gasteiger partial charge is 0.416 e. The van der Waals surface area contributed by atoms with E-state index in [1.807, 2.05) is 0 Å². The number of hydrogen-bond donors (Lipinski definition) is 0. The molecule has 0 heterocycles. The average molecular weight is 275 g/mol. The number of rotatable bonds is 1. The lowest BCUT2D eigenvalue weighted by Crippen LogP contribution is -2.10. The molecule has 0 aliphatic heterocycles. The molecule has 0 atom stereocenters. The first kappa shape index (κ1) is 11.4. The van der Waals surface area contributed by atoms with Gasteiger partial charge in [-0.25, -0.2) is 8.78 Å². The summed E-state index contributed by atoms with van der Waals surface area (Å²) in [5.74, 6) is -2.75. The Morgan fingerprint density at radius 3 is 2.14 bits per heavy atom. The molecule has 0 N–H and O–H groups in total. The van der Waals surface area contributed by atoms with Crippen molar-refractivity contribution < 1.29 is 22.0 Å². The van der Waals surface area contributed by atoms with E-state index in [-0.39, 0.29) is 5.33 Å². The van der Waals surface area contributed by atoms with Gasteiger partial charge in [-0.3, -0.25) is 0 Å². The second-order valence-corrected chi connectivity index (χ2v) is 3.08. The Balaban J connectivity index is 3.39. The SMILES string of the molecule is Fc1ccc(C(F)(F)F)c(CBr)c1F. The summed E-state index contributed by atoms with van der Waals surface area (Å²) in [6.07, 6.45) is -4.67. The molecule has 1 aromatic carbocycles. The third kappa shape index (κ3) is 2.05. The smallest absolute Gasteiger partial charge is 0.204 e. The van der Waals surface area contributed by atoms with Crippen molar-refractivity contribution in [1.82, 2.24) is 0 Å². The van der Waals surface area contributed by atoms with Crippen LogP contribution in [0.2, 0.25) is 0 Å². The number of halogens is 6. The van der Waals surface area contributed by atoms with Crippen molar-refractivity contribution in [2.45, 2.75) is 11.5 Å². The van der Waals surface area contributed by atoms with Gasteiger partial charge in [0.05, 0.1) is 5.56 Å². The molecule has 0 radical (unpaired) electrons. The van der Waals surface area contributed by atoms with Gasteiger partial charge in [0.25, 0.3) is 0 Å². The Morgan fingerprint density at radius 1 is 1.14 bits per heavy atom. The van der Waals surface area contributed by atoms with E-state index in [0.717, 1.165) is 0 Å². The molecule has 0 unspecified atom stereocenters. The van der Waals surface area contributed by atoms with Crippen LogP contribution < -0.4 is 0 Å². The molecule has 0 saturated carbocycles. The predicted molar refractivity (Wildman–Crippen MR) is 44.0 cm³/mol. The van der Waals surface area contributed by atoms with Crippen LogP contribution in [0.5, 0.6) is 0 Å². The number of benzene rings is 1. The maximum absolute atomic E-state index is 12.9. The van der Waals surface area contributed by atoms with Gasteiger partial charge in [-0.15, -0.1) is 0 Å². The summed E-state index contributed by atoms with van der Waals surface area (Å²) in [6, 6.07) is 0.985. The summed E-state index contributed by atoms with van der Waals surface area (Å²) in [4.78, 5) is 0. The van der Waals surface area contributed by atoms with E-state index in [0.29, 0.717) is 12.1 Å². The fourth-order valence-electron chi connectivity index (χ4n) is 0.989. The molecule has 0 aliphatic carbocycles. The van der Waals surface area contributed by atoms with E-state index in [9.17, 15) is 22.0 Å². The fourth-order valence-corrected chi connectivity index (χ4v) is 1.54. The third-order valence-corrected chi connectivity index (χ3v) is 2.20. The molecular formula is C8H4BrF5. The zero-order valence-corrected chi connectivity index (χ0v) is 8.22. The standard InChI is InChI=1S/C8H4BrF5/c9-3-4-5(8(12,13)14)1-2-6(10)7(4)11/h1-2H,3H2. The third-order valence-electron chi connectivity index (χ3n) is 1.64. The molecule has 0 saturated heterocycles. The Hall–Kier alpha value is -0.650. The van der Waals surface area contributed by atoms with E-state index in [1.54, 1.807) is 0 Å². The second kappa shape index (κ2) is 3.84. The molecular weight excluding hydrogens is 271 g/mol. The zero-order chi connectivity index (χ0) is 10.9. The van der Waals surface area contributed by atoms with Gasteiger partial charge in [-0.05, 0) is 12.1 Å². The van der Waals surface area contributed by atoms with E-state index in [4.69, 9.17) is 0 Å². The zero-order valence-electron chi connectivity index (χ0n) is 6.63. The first-order chi connectivity index (χ1) is 6.38. The summed E-state index contributed by atoms with van der Waals surface area (Å²) in [5, 5.41) is -0.383. The monoisotopic (exact) mass is 274 g/mol. The topological polar surface area (TPSA) is 0 Å². The van der Waals surface area contributed by atoms with Gasteiger partial charge in [0, 0.05) is 10.9 Å². The first-order valence-corrected chi connectivity index (χ1v) is 4.60. The van der Waals surface area contributed by atoms with Gasteiger partial charge in [0.15, 0.2) is 11.6 Å². The van der Waals surface area contributed by atoms with E-state index in [1.165, 1.54) is 0 Å². The molecule has 0 nitrogen and oxygen atoms in total. The maximum Gasteiger partial charge on any atom is 0.416 e. The highest BCUT2D eigenvalue weighted by atomic mass is 79.9. The summed E-state index contributed by atoms with van der Waals surface area (Å²) < 4.78 is 62.2. The Labute approximate surface area is 84.9 Å². The van der Waals surface area contributed by atoms with Crippen LogP contribution in [0, 0.1) is 11.6 Å². The summed E-state index contributed by atoms with van der Waals surface area (Å²) >= 11 is 2.68. The van der Waals surface area contributed by atoms with Crippen LogP contribution in [0.3, 0.4) is 0 Å². The second-order valence-electron chi connectivity index (χ2n) is 2.52. The van der Waals surface area contributed by atoms with Crippen molar-refractivity contribution in [3.05, 3.63) is 34.9 Å². The van der Waals surface area contributed by atoms with Gasteiger partial charge < -0.3 is 0 Å². The van der Waals surface area contributed by atoms with Crippen LogP contribution >= 0.6 is 15.9 Å². The molecule has 0 aliphatic rings. The molecule has 0 bridgehead atoms. The Bertz CT molecular complexity index is 344. The van der Waals surface area contributed by atoms with Crippen LogP contribution in [0.4, 0.5) is 22.0 Å². The van der Waals surface area contributed by atoms with Crippen molar-refractivity contribution in [1.29, 1.82) is 0 Å². The highest BCUT2D eigenvalue weighted by Crippen LogP contribution is 2.34. The minimum atomic E-state index is -4.67. The molecule has 0 fully saturated rings. The molecule has 1 aromatic rings. The van der Waals surface area contributed by atoms with Crippen LogP contribution in [0.1, 0.15) is 11.1 Å². The highest BCUT2D eigenvalue weighted by molar-refractivity contribution is 9.08. The van der Waals surface area contributed by atoms with Gasteiger partial charge in [0.1, 0.15) is 0 Å². The van der Waals surface area contributed by atoms with Gasteiger partial charge in [-0.1, -0.05) is 15.9 Å². The van der Waals surface area contributed by atoms with E-state index < -0.39 is 28.9 Å². The van der Waals surface area contributed by atoms with Crippen LogP contribution in [-0.4, -0.2) is 0 Å². The quantitative estimate of drug-likeness (QED) is 0.539. The van der Waals surface area contributed by atoms with Crippen LogP contribution in [0.25, 0.3) is 0 Å². The minimum absolute atomic E-state index is 0.383. The van der Waals surface area contributed by atoms with Crippen molar-refractivity contribution in [2.75, 3.05) is 0 Å². The molecule has 14 heavy (non-hydrogen) atoms. The van der Waals surface area contributed by atoms with Crippen molar-refractivity contribution in [2.24, 2.45) is 0 Å². The molecule has 0 aromatic heterocycles. The summed E-state index contributed by atoms with van der Waals surface area (Å²) in [7, 11) is 0. The van der Waals surface area contributed by atoms with Crippen molar-refractivity contribution >= 4 is 15.9 Å². The Morgan fingerprint density at radius 2 is 1.71 bits per heavy atom. The normalized spacial score (nSPS) is 11.9. The minimum Gasteiger partial charge on any atom is -0.204 e.